The van der Waals surface area contributed by atoms with Crippen LogP contribution in [0.3, 0.4) is 0 Å². The van der Waals surface area contributed by atoms with Crippen molar-refractivity contribution in [3.05, 3.63) is 17.0 Å². The molecular formula is C11H18N2O3. The first-order valence-corrected chi connectivity index (χ1v) is 5.38. The van der Waals surface area contributed by atoms with Crippen LogP contribution in [0, 0.1) is 13.8 Å². The first-order chi connectivity index (χ1) is 7.56. The molecular weight excluding hydrogens is 208 g/mol. The van der Waals surface area contributed by atoms with E-state index in [1.807, 2.05) is 13.8 Å². The van der Waals surface area contributed by atoms with E-state index in [1.54, 1.807) is 13.8 Å². The van der Waals surface area contributed by atoms with E-state index in [9.17, 15) is 4.79 Å². The van der Waals surface area contributed by atoms with Crippen LogP contribution in [0.5, 0.6) is 0 Å². The fourth-order valence-corrected chi connectivity index (χ4v) is 1.36. The average molecular weight is 226 g/mol. The van der Waals surface area contributed by atoms with Gasteiger partial charge in [-0.1, -0.05) is 5.16 Å². The van der Waals surface area contributed by atoms with E-state index in [0.717, 1.165) is 17.0 Å². The van der Waals surface area contributed by atoms with Crippen molar-refractivity contribution < 1.29 is 14.1 Å². The van der Waals surface area contributed by atoms with Gasteiger partial charge < -0.3 is 14.6 Å². The summed E-state index contributed by atoms with van der Waals surface area (Å²) in [4.78, 5) is 11.3. The fourth-order valence-electron chi connectivity index (χ4n) is 1.36. The van der Waals surface area contributed by atoms with E-state index in [2.05, 4.69) is 10.5 Å². The summed E-state index contributed by atoms with van der Waals surface area (Å²) in [5, 5.41) is 6.92. The Bertz CT molecular complexity index is 341. The lowest BCUT2D eigenvalue weighted by atomic mass is 10.2. The van der Waals surface area contributed by atoms with Gasteiger partial charge in [0.05, 0.1) is 12.3 Å². The molecule has 5 nitrogen and oxygen atoms in total. The van der Waals surface area contributed by atoms with Crippen LogP contribution in [0.15, 0.2) is 4.52 Å². The van der Waals surface area contributed by atoms with Crippen LogP contribution in [0.2, 0.25) is 0 Å². The van der Waals surface area contributed by atoms with Crippen molar-refractivity contribution in [1.82, 2.24) is 10.5 Å². The average Bonchev–Trinajstić information content (AvgIpc) is 2.56. The van der Waals surface area contributed by atoms with Crippen LogP contribution in [0.25, 0.3) is 0 Å². The van der Waals surface area contributed by atoms with Gasteiger partial charge in [0.15, 0.2) is 0 Å². The van der Waals surface area contributed by atoms with Gasteiger partial charge >= 0.3 is 5.97 Å². The summed E-state index contributed by atoms with van der Waals surface area (Å²) in [7, 11) is 0. The number of hydrogen-bond donors (Lipinski definition) is 1. The highest BCUT2D eigenvalue weighted by molar-refractivity contribution is 5.75. The van der Waals surface area contributed by atoms with Crippen molar-refractivity contribution in [2.75, 3.05) is 6.61 Å². The highest BCUT2D eigenvalue weighted by Crippen LogP contribution is 2.11. The lowest BCUT2D eigenvalue weighted by molar-refractivity contribution is -0.145. The number of carbonyl (C=O) groups excluding carboxylic acids is 1. The van der Waals surface area contributed by atoms with Crippen LogP contribution < -0.4 is 5.32 Å². The van der Waals surface area contributed by atoms with Crippen LogP contribution >= 0.6 is 0 Å². The summed E-state index contributed by atoms with van der Waals surface area (Å²) >= 11 is 0. The first kappa shape index (κ1) is 12.7. The van der Waals surface area contributed by atoms with E-state index in [0.29, 0.717) is 13.2 Å². The molecule has 0 aliphatic heterocycles. The van der Waals surface area contributed by atoms with E-state index in [-0.39, 0.29) is 12.0 Å². The molecule has 0 aliphatic carbocycles. The molecule has 5 heteroatoms. The maximum atomic E-state index is 11.3. The van der Waals surface area contributed by atoms with Gasteiger partial charge in [-0.2, -0.15) is 0 Å². The minimum absolute atomic E-state index is 0.241. The van der Waals surface area contributed by atoms with E-state index >= 15 is 0 Å². The Balaban J connectivity index is 2.48. The molecule has 0 spiro atoms. The Kier molecular flexibility index (Phi) is 4.49. The van der Waals surface area contributed by atoms with Crippen molar-refractivity contribution in [2.24, 2.45) is 0 Å². The van der Waals surface area contributed by atoms with Crippen LogP contribution in [-0.2, 0) is 16.1 Å². The predicted octanol–water partition coefficient (Wildman–Crippen LogP) is 1.33. The summed E-state index contributed by atoms with van der Waals surface area (Å²) in [5.74, 6) is 0.537. The first-order valence-electron chi connectivity index (χ1n) is 5.38. The number of nitrogens with one attached hydrogen (secondary N) is 1. The minimum atomic E-state index is -0.325. The number of ether oxygens (including phenoxy) is 1. The molecule has 1 aromatic rings. The van der Waals surface area contributed by atoms with Crippen LogP contribution in [0.4, 0.5) is 0 Å². The van der Waals surface area contributed by atoms with Crippen LogP contribution in [-0.4, -0.2) is 23.8 Å². The fraction of sp³-hybridized carbons (Fsp3) is 0.636. The van der Waals surface area contributed by atoms with Crippen molar-refractivity contribution in [3.63, 3.8) is 0 Å². The number of carbonyl (C=O) groups is 1. The summed E-state index contributed by atoms with van der Waals surface area (Å²) in [6.45, 7) is 8.25. The second-order valence-corrected chi connectivity index (χ2v) is 3.66. The molecule has 1 atom stereocenters. The summed E-state index contributed by atoms with van der Waals surface area (Å²) < 4.78 is 9.92. The highest BCUT2D eigenvalue weighted by atomic mass is 16.5. The Morgan fingerprint density at radius 3 is 2.75 bits per heavy atom. The molecule has 90 valence electrons. The maximum absolute atomic E-state index is 11.3. The van der Waals surface area contributed by atoms with Gasteiger partial charge in [-0.15, -0.1) is 0 Å². The molecule has 0 radical (unpaired) electrons. The number of nitrogens with zero attached hydrogens (tertiary/aromatic N) is 1. The molecule has 1 unspecified atom stereocenters. The third-order valence-corrected chi connectivity index (χ3v) is 2.41. The zero-order valence-corrected chi connectivity index (χ0v) is 10.2. The molecule has 1 heterocycles. The monoisotopic (exact) mass is 226 g/mol. The standard InChI is InChI=1S/C11H18N2O3/c1-5-15-11(14)8(3)12-6-10-7(2)13-16-9(10)4/h8,12H,5-6H2,1-4H3. The minimum Gasteiger partial charge on any atom is -0.465 e. The van der Waals surface area contributed by atoms with E-state index in [4.69, 9.17) is 9.26 Å². The van der Waals surface area contributed by atoms with Crippen molar-refractivity contribution in [3.8, 4) is 0 Å². The van der Waals surface area contributed by atoms with E-state index < -0.39 is 0 Å². The number of aromatic nitrogens is 1. The lowest BCUT2D eigenvalue weighted by Crippen LogP contribution is -2.35. The Labute approximate surface area is 95.1 Å². The van der Waals surface area contributed by atoms with Crippen molar-refractivity contribution >= 4 is 5.97 Å². The molecule has 1 rings (SSSR count). The second-order valence-electron chi connectivity index (χ2n) is 3.66. The van der Waals surface area contributed by atoms with Gasteiger partial charge in [0.25, 0.3) is 0 Å². The Hall–Kier alpha value is -1.36. The Morgan fingerprint density at radius 2 is 2.25 bits per heavy atom. The normalized spacial score (nSPS) is 12.5. The molecule has 0 saturated heterocycles. The lowest BCUT2D eigenvalue weighted by Gasteiger charge is -2.12. The molecule has 1 N–H and O–H groups in total. The zero-order chi connectivity index (χ0) is 12.1. The number of hydrogen-bond acceptors (Lipinski definition) is 5. The van der Waals surface area contributed by atoms with Gasteiger partial charge in [-0.05, 0) is 27.7 Å². The molecule has 0 amide bonds. The Morgan fingerprint density at radius 1 is 1.56 bits per heavy atom. The quantitative estimate of drug-likeness (QED) is 0.767. The number of rotatable bonds is 5. The summed E-state index contributed by atoms with van der Waals surface area (Å²) in [6, 6.07) is -0.325. The summed E-state index contributed by atoms with van der Waals surface area (Å²) in [5.41, 5.74) is 1.84. The summed E-state index contributed by atoms with van der Waals surface area (Å²) in [6.07, 6.45) is 0. The van der Waals surface area contributed by atoms with Crippen molar-refractivity contribution in [1.29, 1.82) is 0 Å². The third kappa shape index (κ3) is 3.06. The third-order valence-electron chi connectivity index (χ3n) is 2.41. The SMILES string of the molecule is CCOC(=O)C(C)NCc1c(C)noc1C. The largest absolute Gasteiger partial charge is 0.465 e. The number of aryl methyl sites for hydroxylation is 2. The maximum Gasteiger partial charge on any atom is 0.322 e. The topological polar surface area (TPSA) is 64.4 Å². The van der Waals surface area contributed by atoms with E-state index in [1.165, 1.54) is 0 Å². The molecule has 0 aliphatic rings. The van der Waals surface area contributed by atoms with Crippen molar-refractivity contribution in [2.45, 2.75) is 40.3 Å². The zero-order valence-electron chi connectivity index (χ0n) is 10.2. The molecule has 0 bridgehead atoms. The van der Waals surface area contributed by atoms with Gasteiger partial charge in [-0.25, -0.2) is 0 Å². The predicted molar refractivity (Wildman–Crippen MR) is 58.9 cm³/mol. The molecule has 0 saturated carbocycles. The van der Waals surface area contributed by atoms with Gasteiger partial charge in [0.2, 0.25) is 0 Å². The molecule has 0 fully saturated rings. The molecule has 0 aromatic carbocycles. The number of esters is 1. The van der Waals surface area contributed by atoms with Crippen LogP contribution in [0.1, 0.15) is 30.9 Å². The van der Waals surface area contributed by atoms with Gasteiger partial charge in [0.1, 0.15) is 11.8 Å². The molecule has 16 heavy (non-hydrogen) atoms. The molecule has 1 aromatic heterocycles. The van der Waals surface area contributed by atoms with Gasteiger partial charge in [-0.3, -0.25) is 4.79 Å². The second kappa shape index (κ2) is 5.65. The van der Waals surface area contributed by atoms with Gasteiger partial charge in [0, 0.05) is 12.1 Å². The highest BCUT2D eigenvalue weighted by Gasteiger charge is 2.15. The smallest absolute Gasteiger partial charge is 0.322 e.